The average molecular weight is 353 g/mol. The van der Waals surface area contributed by atoms with Crippen molar-refractivity contribution in [3.8, 4) is 0 Å². The van der Waals surface area contributed by atoms with Crippen LogP contribution in [0.15, 0.2) is 48.2 Å². The van der Waals surface area contributed by atoms with Gasteiger partial charge in [-0.2, -0.15) is 0 Å². The van der Waals surface area contributed by atoms with Crippen molar-refractivity contribution in [2.45, 2.75) is 32.1 Å². The maximum atomic E-state index is 11.6. The molecule has 4 rings (SSSR count). The molecule has 2 aliphatic rings. The van der Waals surface area contributed by atoms with Crippen LogP contribution in [0.2, 0.25) is 5.02 Å². The number of halogens is 1. The van der Waals surface area contributed by atoms with Gasteiger partial charge in [-0.1, -0.05) is 35.4 Å². The standard InChI is InChI=1S/C21H21ClN2O/c1-14(25)24-11-8-15(9-12-24)20-19-7-6-18(22)13-17(19)5-4-16-3-2-10-23-21(16)20/h2-3,6-8,10,13,20H,4-5,9,11-12H2,1H3. The second-order valence-electron chi connectivity index (χ2n) is 6.82. The molecule has 1 amide bonds. The van der Waals surface area contributed by atoms with Crippen LogP contribution in [-0.4, -0.2) is 28.9 Å². The lowest BCUT2D eigenvalue weighted by molar-refractivity contribution is -0.128. The summed E-state index contributed by atoms with van der Waals surface area (Å²) >= 11 is 6.25. The highest BCUT2D eigenvalue weighted by atomic mass is 35.5. The highest BCUT2D eigenvalue weighted by Crippen LogP contribution is 2.40. The molecule has 0 saturated heterocycles. The van der Waals surface area contributed by atoms with Crippen LogP contribution in [0.3, 0.4) is 0 Å². The van der Waals surface area contributed by atoms with E-state index in [0.717, 1.165) is 36.5 Å². The molecule has 0 saturated carbocycles. The first-order valence-corrected chi connectivity index (χ1v) is 9.18. The molecular formula is C21H21ClN2O. The molecule has 3 nitrogen and oxygen atoms in total. The van der Waals surface area contributed by atoms with Gasteiger partial charge in [0.2, 0.25) is 5.91 Å². The van der Waals surface area contributed by atoms with Crippen molar-refractivity contribution in [3.63, 3.8) is 0 Å². The van der Waals surface area contributed by atoms with Crippen LogP contribution in [0.25, 0.3) is 0 Å². The third-order valence-electron chi connectivity index (χ3n) is 5.34. The lowest BCUT2D eigenvalue weighted by Gasteiger charge is -2.30. The van der Waals surface area contributed by atoms with E-state index in [0.29, 0.717) is 6.54 Å². The van der Waals surface area contributed by atoms with Crippen molar-refractivity contribution in [1.82, 2.24) is 9.88 Å². The predicted octanol–water partition coefficient (Wildman–Crippen LogP) is 4.14. The monoisotopic (exact) mass is 352 g/mol. The lowest BCUT2D eigenvalue weighted by Crippen LogP contribution is -2.33. The Balaban J connectivity index is 1.82. The number of aromatic nitrogens is 1. The average Bonchev–Trinajstić information content (AvgIpc) is 2.78. The van der Waals surface area contributed by atoms with E-state index in [1.165, 1.54) is 22.3 Å². The van der Waals surface area contributed by atoms with Crippen molar-refractivity contribution in [1.29, 1.82) is 0 Å². The minimum Gasteiger partial charge on any atom is -0.339 e. The van der Waals surface area contributed by atoms with E-state index in [-0.39, 0.29) is 11.8 Å². The molecule has 0 spiro atoms. The largest absolute Gasteiger partial charge is 0.339 e. The van der Waals surface area contributed by atoms with E-state index in [4.69, 9.17) is 16.6 Å². The number of nitrogens with zero attached hydrogens (tertiary/aromatic N) is 2. The Kier molecular flexibility index (Phi) is 4.34. The lowest BCUT2D eigenvalue weighted by atomic mass is 9.82. The van der Waals surface area contributed by atoms with E-state index in [1.807, 2.05) is 23.2 Å². The van der Waals surface area contributed by atoms with Gasteiger partial charge in [-0.3, -0.25) is 9.78 Å². The first-order valence-electron chi connectivity index (χ1n) is 8.80. The predicted molar refractivity (Wildman–Crippen MR) is 99.9 cm³/mol. The van der Waals surface area contributed by atoms with Crippen LogP contribution in [0.4, 0.5) is 0 Å². The second-order valence-corrected chi connectivity index (χ2v) is 7.25. The molecule has 1 aliphatic heterocycles. The van der Waals surface area contributed by atoms with Gasteiger partial charge in [-0.15, -0.1) is 0 Å². The van der Waals surface area contributed by atoms with Crippen LogP contribution >= 0.6 is 11.6 Å². The second kappa shape index (κ2) is 6.64. The van der Waals surface area contributed by atoms with Crippen molar-refractivity contribution in [3.05, 3.63) is 75.6 Å². The number of pyridine rings is 1. The number of carbonyl (C=O) groups is 1. The number of carbonyl (C=O) groups excluding carboxylic acids is 1. The van der Waals surface area contributed by atoms with Crippen molar-refractivity contribution >= 4 is 17.5 Å². The smallest absolute Gasteiger partial charge is 0.219 e. The molecule has 1 aromatic carbocycles. The molecule has 25 heavy (non-hydrogen) atoms. The zero-order valence-electron chi connectivity index (χ0n) is 14.3. The normalized spacial score (nSPS) is 19.5. The number of hydrogen-bond donors (Lipinski definition) is 0. The Labute approximate surface area is 153 Å². The fourth-order valence-electron chi connectivity index (χ4n) is 4.02. The van der Waals surface area contributed by atoms with Crippen molar-refractivity contribution in [2.24, 2.45) is 0 Å². The summed E-state index contributed by atoms with van der Waals surface area (Å²) in [5, 5.41) is 0.789. The minimum atomic E-state index is 0.141. The van der Waals surface area contributed by atoms with Crippen LogP contribution in [0, 0.1) is 0 Å². The van der Waals surface area contributed by atoms with Crippen LogP contribution in [0.5, 0.6) is 0 Å². The number of fused-ring (bicyclic) bond motifs is 2. The zero-order chi connectivity index (χ0) is 17.4. The zero-order valence-corrected chi connectivity index (χ0v) is 15.1. The maximum absolute atomic E-state index is 11.6. The fraction of sp³-hybridized carbons (Fsp3) is 0.333. The summed E-state index contributed by atoms with van der Waals surface area (Å²) in [5.74, 6) is 0.307. The van der Waals surface area contributed by atoms with E-state index in [9.17, 15) is 4.79 Å². The van der Waals surface area contributed by atoms with E-state index in [1.54, 1.807) is 6.92 Å². The van der Waals surface area contributed by atoms with Crippen LogP contribution in [-0.2, 0) is 17.6 Å². The topological polar surface area (TPSA) is 33.2 Å². The van der Waals surface area contributed by atoms with E-state index >= 15 is 0 Å². The molecule has 0 fully saturated rings. The van der Waals surface area contributed by atoms with Gasteiger partial charge in [0.05, 0.1) is 5.69 Å². The molecule has 2 heterocycles. The molecule has 0 N–H and O–H groups in total. The minimum absolute atomic E-state index is 0.141. The SMILES string of the molecule is CC(=O)N1CC=C(C2c3ccc(Cl)cc3CCc3cccnc32)CC1. The summed E-state index contributed by atoms with van der Waals surface area (Å²) in [5.41, 5.74) is 6.46. The number of rotatable bonds is 1. The molecule has 128 valence electrons. The van der Waals surface area contributed by atoms with Crippen LogP contribution in [0.1, 0.15) is 41.6 Å². The number of amides is 1. The Hall–Kier alpha value is -2.13. The molecule has 1 aromatic heterocycles. The van der Waals surface area contributed by atoms with E-state index < -0.39 is 0 Å². The van der Waals surface area contributed by atoms with Gasteiger partial charge in [-0.25, -0.2) is 0 Å². The molecule has 4 heteroatoms. The van der Waals surface area contributed by atoms with Gasteiger partial charge >= 0.3 is 0 Å². The Bertz CT molecular complexity index is 859. The molecule has 0 radical (unpaired) electrons. The Morgan fingerprint density at radius 1 is 1.20 bits per heavy atom. The van der Waals surface area contributed by atoms with Gasteiger partial charge in [0.25, 0.3) is 0 Å². The first kappa shape index (κ1) is 16.3. The van der Waals surface area contributed by atoms with Gasteiger partial charge < -0.3 is 4.90 Å². The summed E-state index contributed by atoms with van der Waals surface area (Å²) < 4.78 is 0. The van der Waals surface area contributed by atoms with Gasteiger partial charge in [-0.05, 0) is 54.2 Å². The van der Waals surface area contributed by atoms with Gasteiger partial charge in [0.15, 0.2) is 0 Å². The molecule has 2 aromatic rings. The molecule has 1 atom stereocenters. The third-order valence-corrected chi connectivity index (χ3v) is 5.57. The molecular weight excluding hydrogens is 332 g/mol. The van der Waals surface area contributed by atoms with Crippen LogP contribution < -0.4 is 0 Å². The summed E-state index contributed by atoms with van der Waals surface area (Å²) in [6, 6.07) is 10.4. The van der Waals surface area contributed by atoms with Crippen molar-refractivity contribution in [2.75, 3.05) is 13.1 Å². The summed E-state index contributed by atoms with van der Waals surface area (Å²) in [6.07, 6.45) is 6.97. The molecule has 1 aliphatic carbocycles. The van der Waals surface area contributed by atoms with Gasteiger partial charge in [0, 0.05) is 37.2 Å². The molecule has 0 bridgehead atoms. The number of aryl methyl sites for hydroxylation is 2. The summed E-state index contributed by atoms with van der Waals surface area (Å²) in [6.45, 7) is 3.10. The third kappa shape index (κ3) is 3.09. The quantitative estimate of drug-likeness (QED) is 0.722. The first-order chi connectivity index (χ1) is 12.1. The Morgan fingerprint density at radius 3 is 2.80 bits per heavy atom. The summed E-state index contributed by atoms with van der Waals surface area (Å²) in [4.78, 5) is 18.3. The van der Waals surface area contributed by atoms with Crippen molar-refractivity contribution < 1.29 is 4.79 Å². The number of benzene rings is 1. The van der Waals surface area contributed by atoms with E-state index in [2.05, 4.69) is 24.3 Å². The molecule has 1 unspecified atom stereocenters. The fourth-order valence-corrected chi connectivity index (χ4v) is 4.21. The van der Waals surface area contributed by atoms with Gasteiger partial charge in [0.1, 0.15) is 0 Å². The Morgan fingerprint density at radius 2 is 2.04 bits per heavy atom. The summed E-state index contributed by atoms with van der Waals surface area (Å²) in [7, 11) is 0. The number of hydrogen-bond acceptors (Lipinski definition) is 2. The maximum Gasteiger partial charge on any atom is 0.219 e. The highest BCUT2D eigenvalue weighted by molar-refractivity contribution is 6.30. The highest BCUT2D eigenvalue weighted by Gasteiger charge is 2.29.